The predicted octanol–water partition coefficient (Wildman–Crippen LogP) is 3.43. The zero-order valence-electron chi connectivity index (χ0n) is 9.28. The minimum atomic E-state index is -4.32. The van der Waals surface area contributed by atoms with Crippen LogP contribution < -0.4 is 0 Å². The predicted molar refractivity (Wildman–Crippen MR) is 59.7 cm³/mol. The van der Waals surface area contributed by atoms with Gasteiger partial charge in [0.15, 0.2) is 0 Å². The molecule has 0 aliphatic rings. The first-order chi connectivity index (χ1) is 8.50. The molecule has 0 amide bonds. The molecule has 0 unspecified atom stereocenters. The molecule has 92 valence electrons. The second kappa shape index (κ2) is 4.57. The maximum atomic E-state index is 12.4. The second-order valence-corrected chi connectivity index (χ2v) is 3.83. The van der Waals surface area contributed by atoms with Gasteiger partial charge in [-0.05, 0) is 29.8 Å². The van der Waals surface area contributed by atoms with Crippen LogP contribution in [0.2, 0.25) is 0 Å². The standard InChI is InChI=1S/C13H9F3N2/c14-13(15,16)11-5-3-10(4-6-11)9-18-7-1-2-12(18)8-17/h1-7H,9H2. The number of hydrogen-bond donors (Lipinski definition) is 0. The van der Waals surface area contributed by atoms with Gasteiger partial charge in [0.05, 0.1) is 5.56 Å². The highest BCUT2D eigenvalue weighted by molar-refractivity contribution is 5.27. The zero-order chi connectivity index (χ0) is 13.2. The molecule has 1 aromatic heterocycles. The van der Waals surface area contributed by atoms with Gasteiger partial charge < -0.3 is 4.57 Å². The van der Waals surface area contributed by atoms with E-state index in [1.165, 1.54) is 12.1 Å². The summed E-state index contributed by atoms with van der Waals surface area (Å²) in [6.07, 6.45) is -2.60. The number of alkyl halides is 3. The van der Waals surface area contributed by atoms with Gasteiger partial charge in [0.1, 0.15) is 11.8 Å². The van der Waals surface area contributed by atoms with E-state index < -0.39 is 11.7 Å². The molecular weight excluding hydrogens is 241 g/mol. The third-order valence-corrected chi connectivity index (χ3v) is 2.58. The summed E-state index contributed by atoms with van der Waals surface area (Å²) in [6.45, 7) is 0.383. The fourth-order valence-electron chi connectivity index (χ4n) is 1.65. The molecule has 0 fully saturated rings. The maximum Gasteiger partial charge on any atom is 0.416 e. The summed E-state index contributed by atoms with van der Waals surface area (Å²) in [5, 5.41) is 8.82. The second-order valence-electron chi connectivity index (χ2n) is 3.83. The monoisotopic (exact) mass is 250 g/mol. The van der Waals surface area contributed by atoms with E-state index in [4.69, 9.17) is 5.26 Å². The minimum absolute atomic E-state index is 0.383. The van der Waals surface area contributed by atoms with Gasteiger partial charge in [-0.2, -0.15) is 18.4 Å². The summed E-state index contributed by atoms with van der Waals surface area (Å²) < 4.78 is 38.8. The van der Waals surface area contributed by atoms with Crippen molar-refractivity contribution in [2.24, 2.45) is 0 Å². The first-order valence-electron chi connectivity index (χ1n) is 5.22. The number of nitriles is 1. The summed E-state index contributed by atoms with van der Waals surface area (Å²) in [5.74, 6) is 0. The van der Waals surface area contributed by atoms with Gasteiger partial charge in [-0.25, -0.2) is 0 Å². The Hall–Kier alpha value is -2.22. The third-order valence-electron chi connectivity index (χ3n) is 2.58. The van der Waals surface area contributed by atoms with Crippen molar-refractivity contribution in [2.45, 2.75) is 12.7 Å². The van der Waals surface area contributed by atoms with Gasteiger partial charge in [0.2, 0.25) is 0 Å². The van der Waals surface area contributed by atoms with E-state index in [2.05, 4.69) is 0 Å². The summed E-state index contributed by atoms with van der Waals surface area (Å²) in [4.78, 5) is 0. The fourth-order valence-corrected chi connectivity index (χ4v) is 1.65. The number of rotatable bonds is 2. The lowest BCUT2D eigenvalue weighted by molar-refractivity contribution is -0.137. The molecule has 1 heterocycles. The average molecular weight is 250 g/mol. The zero-order valence-corrected chi connectivity index (χ0v) is 9.28. The smallest absolute Gasteiger partial charge is 0.335 e. The van der Waals surface area contributed by atoms with Crippen LogP contribution in [-0.2, 0) is 12.7 Å². The van der Waals surface area contributed by atoms with Crippen LogP contribution in [0.25, 0.3) is 0 Å². The lowest BCUT2D eigenvalue weighted by atomic mass is 10.1. The largest absolute Gasteiger partial charge is 0.416 e. The quantitative estimate of drug-likeness (QED) is 0.802. The van der Waals surface area contributed by atoms with Crippen molar-refractivity contribution in [3.63, 3.8) is 0 Å². The summed E-state index contributed by atoms with van der Waals surface area (Å²) in [6, 6.07) is 10.3. The van der Waals surface area contributed by atoms with Crippen molar-refractivity contribution in [1.29, 1.82) is 5.26 Å². The molecule has 2 rings (SSSR count). The van der Waals surface area contributed by atoms with E-state index >= 15 is 0 Å². The van der Waals surface area contributed by atoms with Gasteiger partial charge in [-0.1, -0.05) is 12.1 Å². The van der Waals surface area contributed by atoms with Gasteiger partial charge in [0.25, 0.3) is 0 Å². The van der Waals surface area contributed by atoms with E-state index in [1.54, 1.807) is 22.9 Å². The molecule has 0 aliphatic heterocycles. The molecule has 0 spiro atoms. The molecule has 0 N–H and O–H groups in total. The van der Waals surface area contributed by atoms with Gasteiger partial charge >= 0.3 is 6.18 Å². The third kappa shape index (κ3) is 2.54. The van der Waals surface area contributed by atoms with Crippen LogP contribution in [0.15, 0.2) is 42.6 Å². The maximum absolute atomic E-state index is 12.4. The topological polar surface area (TPSA) is 28.7 Å². The number of aromatic nitrogens is 1. The van der Waals surface area contributed by atoms with Gasteiger partial charge in [0, 0.05) is 12.7 Å². The van der Waals surface area contributed by atoms with Crippen LogP contribution in [0.5, 0.6) is 0 Å². The average Bonchev–Trinajstić information content (AvgIpc) is 2.76. The van der Waals surface area contributed by atoms with Crippen LogP contribution in [0, 0.1) is 11.3 Å². The van der Waals surface area contributed by atoms with Gasteiger partial charge in [-0.15, -0.1) is 0 Å². The number of benzene rings is 1. The molecule has 0 bridgehead atoms. The number of nitrogens with zero attached hydrogens (tertiary/aromatic N) is 2. The molecule has 0 aliphatic carbocycles. The molecule has 2 aromatic rings. The highest BCUT2D eigenvalue weighted by atomic mass is 19.4. The molecule has 5 heteroatoms. The number of halogens is 3. The van der Waals surface area contributed by atoms with Gasteiger partial charge in [-0.3, -0.25) is 0 Å². The fraction of sp³-hybridized carbons (Fsp3) is 0.154. The summed E-state index contributed by atoms with van der Waals surface area (Å²) in [5.41, 5.74) is 0.532. The molecule has 0 radical (unpaired) electrons. The van der Waals surface area contributed by atoms with E-state index in [9.17, 15) is 13.2 Å². The van der Waals surface area contributed by atoms with Crippen molar-refractivity contribution in [2.75, 3.05) is 0 Å². The van der Waals surface area contributed by atoms with Crippen LogP contribution in [0.4, 0.5) is 13.2 Å². The number of hydrogen-bond acceptors (Lipinski definition) is 1. The SMILES string of the molecule is N#Cc1cccn1Cc1ccc(C(F)(F)F)cc1. The lowest BCUT2D eigenvalue weighted by Crippen LogP contribution is -2.05. The summed E-state index contributed by atoms with van der Waals surface area (Å²) in [7, 11) is 0. The van der Waals surface area contributed by atoms with E-state index in [1.807, 2.05) is 6.07 Å². The molecule has 18 heavy (non-hydrogen) atoms. The Morgan fingerprint density at radius 2 is 1.78 bits per heavy atom. The highest BCUT2D eigenvalue weighted by Crippen LogP contribution is 2.29. The first kappa shape index (κ1) is 12.2. The lowest BCUT2D eigenvalue weighted by Gasteiger charge is -2.08. The Labute approximate surface area is 102 Å². The Balaban J connectivity index is 2.19. The van der Waals surface area contributed by atoms with Crippen molar-refractivity contribution in [1.82, 2.24) is 4.57 Å². The summed E-state index contributed by atoms with van der Waals surface area (Å²) >= 11 is 0. The highest BCUT2D eigenvalue weighted by Gasteiger charge is 2.29. The molecule has 0 saturated heterocycles. The Bertz CT molecular complexity index is 574. The van der Waals surface area contributed by atoms with E-state index in [0.29, 0.717) is 12.2 Å². The van der Waals surface area contributed by atoms with Crippen LogP contribution in [0.3, 0.4) is 0 Å². The van der Waals surface area contributed by atoms with Crippen molar-refractivity contribution < 1.29 is 13.2 Å². The Morgan fingerprint density at radius 3 is 2.33 bits per heavy atom. The molecule has 0 atom stereocenters. The van der Waals surface area contributed by atoms with Crippen molar-refractivity contribution in [3.8, 4) is 6.07 Å². The van der Waals surface area contributed by atoms with E-state index in [0.717, 1.165) is 17.7 Å². The Morgan fingerprint density at radius 1 is 1.11 bits per heavy atom. The molecular formula is C13H9F3N2. The normalized spacial score (nSPS) is 11.2. The molecule has 1 aromatic carbocycles. The minimum Gasteiger partial charge on any atom is -0.335 e. The van der Waals surface area contributed by atoms with Crippen LogP contribution in [-0.4, -0.2) is 4.57 Å². The molecule has 2 nitrogen and oxygen atoms in total. The van der Waals surface area contributed by atoms with Crippen LogP contribution >= 0.6 is 0 Å². The van der Waals surface area contributed by atoms with Crippen molar-refractivity contribution >= 4 is 0 Å². The van der Waals surface area contributed by atoms with Crippen LogP contribution in [0.1, 0.15) is 16.8 Å². The van der Waals surface area contributed by atoms with Crippen molar-refractivity contribution in [3.05, 3.63) is 59.4 Å². The van der Waals surface area contributed by atoms with E-state index in [-0.39, 0.29) is 0 Å². The first-order valence-corrected chi connectivity index (χ1v) is 5.22. The Kier molecular flexibility index (Phi) is 3.11. The molecule has 0 saturated carbocycles.